The summed E-state index contributed by atoms with van der Waals surface area (Å²) in [5, 5.41) is 39.8. The van der Waals surface area contributed by atoms with E-state index in [4.69, 9.17) is 0 Å². The molecule has 4 N–H and O–H groups in total. The molecule has 6 rings (SSSR count). The van der Waals surface area contributed by atoms with Crippen LogP contribution in [0, 0.1) is 0 Å². The molecule has 14 heteroatoms. The number of phenolic OH excluding ortho intramolecular Hbond substituents is 2. The van der Waals surface area contributed by atoms with Crippen LogP contribution in [0.5, 0.6) is 11.5 Å². The van der Waals surface area contributed by atoms with E-state index in [-0.39, 0.29) is 45.4 Å². The second-order valence-electron chi connectivity index (χ2n) is 10.4. The molecule has 48 heavy (non-hydrogen) atoms. The lowest BCUT2D eigenvalue weighted by molar-refractivity contribution is 0.476. The van der Waals surface area contributed by atoms with Gasteiger partial charge in [0.05, 0.1) is 11.4 Å². The molecule has 0 fully saturated rings. The summed E-state index contributed by atoms with van der Waals surface area (Å²) in [6.45, 7) is 0. The Bertz CT molecular complexity index is 2370. The van der Waals surface area contributed by atoms with Crippen molar-refractivity contribution in [2.45, 2.75) is 9.79 Å². The van der Waals surface area contributed by atoms with Gasteiger partial charge in [-0.3, -0.25) is 9.11 Å². The van der Waals surface area contributed by atoms with Gasteiger partial charge in [0.1, 0.15) is 32.7 Å². The Hall–Kier alpha value is -5.80. The number of benzene rings is 6. The molecule has 0 aliphatic heterocycles. The van der Waals surface area contributed by atoms with Crippen molar-refractivity contribution in [1.29, 1.82) is 0 Å². The van der Waals surface area contributed by atoms with Gasteiger partial charge >= 0.3 is 0 Å². The molecule has 0 aliphatic carbocycles. The fourth-order valence-corrected chi connectivity index (χ4v) is 6.39. The number of azo groups is 2. The normalized spacial score (nSPS) is 12.6. The zero-order valence-corrected chi connectivity index (χ0v) is 26.2. The summed E-state index contributed by atoms with van der Waals surface area (Å²) in [4.78, 5) is -1.10. The highest BCUT2D eigenvalue weighted by Crippen LogP contribution is 2.38. The minimum Gasteiger partial charge on any atom is -0.506 e. The topological polar surface area (TPSA) is 199 Å². The Morgan fingerprint density at radius 2 is 0.875 bits per heavy atom. The first kappa shape index (κ1) is 32.2. The molecule has 240 valence electrons. The molecule has 0 unspecified atom stereocenters. The average Bonchev–Trinajstić information content (AvgIpc) is 3.06. The summed E-state index contributed by atoms with van der Waals surface area (Å²) in [6.07, 6.45) is 2.47. The molecular weight excluding hydrogens is 657 g/mol. The summed E-state index contributed by atoms with van der Waals surface area (Å²) >= 11 is 0. The third kappa shape index (κ3) is 6.82. The van der Waals surface area contributed by atoms with E-state index < -0.39 is 30.0 Å². The number of fused-ring (bicyclic) bond motifs is 2. The molecule has 0 spiro atoms. The maximum Gasteiger partial charge on any atom is 0.295 e. The largest absolute Gasteiger partial charge is 0.506 e. The number of nitrogens with zero attached hydrogens (tertiary/aromatic N) is 4. The third-order valence-electron chi connectivity index (χ3n) is 7.28. The molecule has 6 aromatic rings. The molecule has 0 amide bonds. The predicted molar refractivity (Wildman–Crippen MR) is 181 cm³/mol. The van der Waals surface area contributed by atoms with Crippen LogP contribution < -0.4 is 0 Å². The highest BCUT2D eigenvalue weighted by atomic mass is 32.2. The Morgan fingerprint density at radius 3 is 1.27 bits per heavy atom. The molecule has 0 saturated heterocycles. The van der Waals surface area contributed by atoms with Crippen molar-refractivity contribution in [3.05, 3.63) is 120 Å². The number of hydrogen-bond donors (Lipinski definition) is 4. The van der Waals surface area contributed by atoms with Crippen molar-refractivity contribution in [3.63, 3.8) is 0 Å². The van der Waals surface area contributed by atoms with Gasteiger partial charge in [-0.1, -0.05) is 84.9 Å². The Balaban J connectivity index is 1.33. The molecule has 0 atom stereocenters. The molecule has 0 aliphatic rings. The van der Waals surface area contributed by atoms with Crippen molar-refractivity contribution in [2.75, 3.05) is 0 Å². The smallest absolute Gasteiger partial charge is 0.295 e. The van der Waals surface area contributed by atoms with Crippen molar-refractivity contribution in [2.24, 2.45) is 20.5 Å². The lowest BCUT2D eigenvalue weighted by Crippen LogP contribution is -2.01. The molecular formula is C34H24N4O8S2. The van der Waals surface area contributed by atoms with E-state index in [0.717, 1.165) is 22.9 Å². The fourth-order valence-electron chi connectivity index (χ4n) is 4.99. The van der Waals surface area contributed by atoms with Gasteiger partial charge in [-0.2, -0.15) is 27.1 Å². The van der Waals surface area contributed by atoms with Crippen molar-refractivity contribution < 1.29 is 36.2 Å². The maximum atomic E-state index is 12.3. The first-order chi connectivity index (χ1) is 22.9. The van der Waals surface area contributed by atoms with Crippen LogP contribution in [0.3, 0.4) is 0 Å². The lowest BCUT2D eigenvalue weighted by atomic mass is 10.1. The molecule has 0 bridgehead atoms. The molecule has 0 heterocycles. The number of hydrogen-bond acceptors (Lipinski definition) is 10. The SMILES string of the molecule is O=S(=O)(O)c1cc(N=Nc2c(O)ccc3ccccc23)ccc1/C=C/c1ccc(N=Nc2c(O)ccc3ccccc23)cc1S(=O)(=O)O. The van der Waals surface area contributed by atoms with Crippen LogP contribution in [0.4, 0.5) is 22.7 Å². The molecule has 0 saturated carbocycles. The maximum absolute atomic E-state index is 12.3. The van der Waals surface area contributed by atoms with Crippen LogP contribution in [0.25, 0.3) is 33.7 Å². The average molecular weight is 681 g/mol. The van der Waals surface area contributed by atoms with Crippen LogP contribution >= 0.6 is 0 Å². The van der Waals surface area contributed by atoms with Crippen LogP contribution in [0.2, 0.25) is 0 Å². The Labute approximate surface area is 274 Å². The highest BCUT2D eigenvalue weighted by Gasteiger charge is 2.18. The fraction of sp³-hybridized carbons (Fsp3) is 0. The van der Waals surface area contributed by atoms with Gasteiger partial charge in [0.25, 0.3) is 20.2 Å². The minimum absolute atomic E-state index is 0.0269. The standard InChI is InChI=1S/C34H24N4O8S2/c39-29-17-13-21-5-1-3-7-27(21)33(29)37-35-25-15-11-23(31(19-25)47(41,42)43)9-10-24-12-16-26(20-32(24)48(44,45)46)36-38-34-28-8-4-2-6-22(28)14-18-30(34)40/h1-20,39-40H,(H,41,42,43)(H,44,45,46)/b10-9+,37-35?,38-36?. The second kappa shape index (κ2) is 12.8. The van der Waals surface area contributed by atoms with Gasteiger partial charge in [-0.15, -0.1) is 10.2 Å². The second-order valence-corrected chi connectivity index (χ2v) is 13.2. The van der Waals surface area contributed by atoms with Crippen LogP contribution in [-0.2, 0) is 20.2 Å². The summed E-state index contributed by atoms with van der Waals surface area (Å²) in [5.74, 6) is -0.276. The van der Waals surface area contributed by atoms with E-state index >= 15 is 0 Å². The van der Waals surface area contributed by atoms with Gasteiger partial charge in [0.15, 0.2) is 0 Å². The summed E-state index contributed by atoms with van der Waals surface area (Å²) < 4.78 is 69.2. The quantitative estimate of drug-likeness (QED) is 0.0693. The Morgan fingerprint density at radius 1 is 0.479 bits per heavy atom. The number of rotatable bonds is 8. The van der Waals surface area contributed by atoms with E-state index in [1.807, 2.05) is 24.3 Å². The van der Waals surface area contributed by atoms with Crippen molar-refractivity contribution in [3.8, 4) is 11.5 Å². The number of aromatic hydroxyl groups is 2. The van der Waals surface area contributed by atoms with Gasteiger partial charge < -0.3 is 10.2 Å². The first-order valence-electron chi connectivity index (χ1n) is 14.0. The minimum atomic E-state index is -4.80. The summed E-state index contributed by atoms with van der Waals surface area (Å²) in [7, 11) is -9.60. The lowest BCUT2D eigenvalue weighted by Gasteiger charge is -2.07. The Kier molecular flexibility index (Phi) is 8.56. The number of phenols is 2. The molecule has 0 radical (unpaired) electrons. The van der Waals surface area contributed by atoms with Crippen molar-refractivity contribution >= 4 is 76.7 Å². The molecule has 0 aromatic heterocycles. The summed E-state index contributed by atoms with van der Waals surface area (Å²) in [5.41, 5.74) is 0.359. The van der Waals surface area contributed by atoms with Crippen molar-refractivity contribution in [1.82, 2.24) is 0 Å². The zero-order valence-electron chi connectivity index (χ0n) is 24.6. The van der Waals surface area contributed by atoms with E-state index in [1.54, 1.807) is 36.4 Å². The predicted octanol–water partition coefficient (Wildman–Crippen LogP) is 8.90. The van der Waals surface area contributed by atoms with Gasteiger partial charge in [0, 0.05) is 10.8 Å². The molecule has 12 nitrogen and oxygen atoms in total. The van der Waals surface area contributed by atoms with E-state index in [1.165, 1.54) is 48.6 Å². The van der Waals surface area contributed by atoms with Gasteiger partial charge in [0.2, 0.25) is 0 Å². The van der Waals surface area contributed by atoms with Gasteiger partial charge in [-0.25, -0.2) is 0 Å². The van der Waals surface area contributed by atoms with Crippen LogP contribution in [0.15, 0.2) is 139 Å². The van der Waals surface area contributed by atoms with Gasteiger partial charge in [-0.05, 0) is 58.3 Å². The van der Waals surface area contributed by atoms with E-state index in [2.05, 4.69) is 20.5 Å². The monoisotopic (exact) mass is 680 g/mol. The summed E-state index contributed by atoms with van der Waals surface area (Å²) in [6, 6.07) is 28.3. The van der Waals surface area contributed by atoms with E-state index in [9.17, 15) is 36.2 Å². The zero-order chi connectivity index (χ0) is 34.1. The first-order valence-corrected chi connectivity index (χ1v) is 16.9. The van der Waals surface area contributed by atoms with Crippen LogP contribution in [0.1, 0.15) is 11.1 Å². The highest BCUT2D eigenvalue weighted by molar-refractivity contribution is 7.86. The third-order valence-corrected chi connectivity index (χ3v) is 9.10. The molecule has 6 aromatic carbocycles. The van der Waals surface area contributed by atoms with Crippen LogP contribution in [-0.4, -0.2) is 36.2 Å². The van der Waals surface area contributed by atoms with E-state index in [0.29, 0.717) is 10.8 Å².